The van der Waals surface area contributed by atoms with Crippen LogP contribution in [0.4, 0.5) is 11.4 Å². The Hall–Kier alpha value is -2.36. The van der Waals surface area contributed by atoms with Gasteiger partial charge in [0.2, 0.25) is 15.9 Å². The largest absolute Gasteiger partial charge is 0.324 e. The molecule has 3 N–H and O–H groups in total. The summed E-state index contributed by atoms with van der Waals surface area (Å²) in [5, 5.41) is 5.35. The van der Waals surface area contributed by atoms with Crippen LogP contribution in [0.2, 0.25) is 0 Å². The van der Waals surface area contributed by atoms with Gasteiger partial charge in [0.25, 0.3) is 5.91 Å². The van der Waals surface area contributed by atoms with Crippen LogP contribution in [0.5, 0.6) is 0 Å². The van der Waals surface area contributed by atoms with Crippen molar-refractivity contribution in [3.05, 3.63) is 48.0 Å². The van der Waals surface area contributed by atoms with Crippen molar-refractivity contribution in [3.63, 3.8) is 0 Å². The molecule has 28 heavy (non-hydrogen) atoms. The van der Waals surface area contributed by atoms with Gasteiger partial charge in [-0.25, -0.2) is 13.1 Å². The van der Waals surface area contributed by atoms with Crippen LogP contribution in [-0.4, -0.2) is 31.5 Å². The summed E-state index contributed by atoms with van der Waals surface area (Å²) in [7, 11) is -3.58. The van der Waals surface area contributed by atoms with E-state index >= 15 is 0 Å². The second kappa shape index (κ2) is 7.94. The smallest absolute Gasteiger partial charge is 0.255 e. The molecule has 3 rings (SSSR count). The van der Waals surface area contributed by atoms with Gasteiger partial charge in [-0.15, -0.1) is 11.8 Å². The van der Waals surface area contributed by atoms with Gasteiger partial charge in [-0.1, -0.05) is 0 Å². The SMILES string of the molecule is CC(C)NS(=O)(=O)c1ccc(NC(=O)c2ccc3c(c2)NC(=O)C(C)S3)cc1. The number of anilines is 2. The highest BCUT2D eigenvalue weighted by Gasteiger charge is 2.24. The van der Waals surface area contributed by atoms with Gasteiger partial charge in [0.15, 0.2) is 0 Å². The molecule has 1 unspecified atom stereocenters. The summed E-state index contributed by atoms with van der Waals surface area (Å²) in [5.74, 6) is -0.446. The number of hydrogen-bond acceptors (Lipinski definition) is 5. The van der Waals surface area contributed by atoms with E-state index in [-0.39, 0.29) is 28.0 Å². The second-order valence-corrected chi connectivity index (χ2v) is 9.81. The lowest BCUT2D eigenvalue weighted by atomic mass is 10.1. The zero-order valence-corrected chi connectivity index (χ0v) is 17.3. The Morgan fingerprint density at radius 1 is 1.14 bits per heavy atom. The number of fused-ring (bicyclic) bond motifs is 1. The third-order valence-electron chi connectivity index (χ3n) is 3.99. The molecule has 1 atom stereocenters. The number of sulfonamides is 1. The number of thioether (sulfide) groups is 1. The Kier molecular flexibility index (Phi) is 5.78. The fourth-order valence-corrected chi connectivity index (χ4v) is 4.83. The predicted octanol–water partition coefficient (Wildman–Crippen LogP) is 3.06. The second-order valence-electron chi connectivity index (χ2n) is 6.71. The van der Waals surface area contributed by atoms with Crippen molar-refractivity contribution in [2.45, 2.75) is 41.9 Å². The fraction of sp³-hybridized carbons (Fsp3) is 0.263. The van der Waals surface area contributed by atoms with Crippen LogP contribution >= 0.6 is 11.8 Å². The molecule has 2 aromatic carbocycles. The molecule has 0 saturated carbocycles. The number of amides is 2. The lowest BCUT2D eigenvalue weighted by Gasteiger charge is -2.21. The van der Waals surface area contributed by atoms with Crippen molar-refractivity contribution >= 4 is 45.0 Å². The van der Waals surface area contributed by atoms with E-state index in [4.69, 9.17) is 0 Å². The number of hydrogen-bond donors (Lipinski definition) is 3. The summed E-state index contributed by atoms with van der Waals surface area (Å²) in [4.78, 5) is 25.4. The number of carbonyl (C=O) groups excluding carboxylic acids is 2. The first-order valence-corrected chi connectivity index (χ1v) is 11.1. The molecule has 0 fully saturated rings. The first kappa shape index (κ1) is 20.4. The molecule has 7 nitrogen and oxygen atoms in total. The molecular weight excluding hydrogens is 398 g/mol. The van der Waals surface area contributed by atoms with Crippen LogP contribution in [0.25, 0.3) is 0 Å². The topological polar surface area (TPSA) is 104 Å². The van der Waals surface area contributed by atoms with Gasteiger partial charge in [0.05, 0.1) is 15.8 Å². The molecule has 2 amide bonds. The highest BCUT2D eigenvalue weighted by atomic mass is 32.2. The summed E-state index contributed by atoms with van der Waals surface area (Å²) < 4.78 is 26.8. The Morgan fingerprint density at radius 3 is 2.46 bits per heavy atom. The van der Waals surface area contributed by atoms with Crippen molar-refractivity contribution in [2.24, 2.45) is 0 Å². The lowest BCUT2D eigenvalue weighted by Crippen LogP contribution is -2.30. The molecule has 9 heteroatoms. The molecule has 0 aliphatic carbocycles. The normalized spacial score (nSPS) is 16.4. The quantitative estimate of drug-likeness (QED) is 0.691. The fourth-order valence-electron chi connectivity index (χ4n) is 2.65. The standard InChI is InChI=1S/C19H21N3O4S2/c1-11(2)22-28(25,26)15-7-5-14(6-8-15)20-19(24)13-4-9-17-16(10-13)21-18(23)12(3)27-17/h4-12,22H,1-3H3,(H,20,24)(H,21,23). The van der Waals surface area contributed by atoms with E-state index in [1.54, 1.807) is 32.0 Å². The minimum atomic E-state index is -3.58. The molecule has 0 aromatic heterocycles. The van der Waals surface area contributed by atoms with E-state index in [1.807, 2.05) is 6.92 Å². The van der Waals surface area contributed by atoms with E-state index in [9.17, 15) is 18.0 Å². The predicted molar refractivity (Wildman–Crippen MR) is 110 cm³/mol. The molecule has 1 heterocycles. The van der Waals surface area contributed by atoms with Crippen LogP contribution < -0.4 is 15.4 Å². The Bertz CT molecular complexity index is 1020. The summed E-state index contributed by atoms with van der Waals surface area (Å²) in [6, 6.07) is 10.9. The molecular formula is C19H21N3O4S2. The van der Waals surface area contributed by atoms with Crippen molar-refractivity contribution in [1.29, 1.82) is 0 Å². The molecule has 0 radical (unpaired) electrons. The Morgan fingerprint density at radius 2 is 1.82 bits per heavy atom. The zero-order chi connectivity index (χ0) is 20.5. The van der Waals surface area contributed by atoms with Crippen molar-refractivity contribution in [1.82, 2.24) is 4.72 Å². The molecule has 2 aromatic rings. The van der Waals surface area contributed by atoms with Gasteiger partial charge in [-0.05, 0) is 63.2 Å². The zero-order valence-electron chi connectivity index (χ0n) is 15.6. The van der Waals surface area contributed by atoms with E-state index in [1.165, 1.54) is 36.0 Å². The third-order valence-corrected chi connectivity index (χ3v) is 6.84. The van der Waals surface area contributed by atoms with Gasteiger partial charge in [-0.3, -0.25) is 9.59 Å². The maximum absolute atomic E-state index is 12.5. The average molecular weight is 420 g/mol. The van der Waals surface area contributed by atoms with E-state index in [2.05, 4.69) is 15.4 Å². The number of nitrogens with one attached hydrogen (secondary N) is 3. The molecule has 0 saturated heterocycles. The molecule has 0 bridgehead atoms. The lowest BCUT2D eigenvalue weighted by molar-refractivity contribution is -0.115. The van der Waals surface area contributed by atoms with E-state index < -0.39 is 10.0 Å². The molecule has 1 aliphatic rings. The first-order chi connectivity index (χ1) is 13.2. The summed E-state index contributed by atoms with van der Waals surface area (Å²) in [5.41, 5.74) is 1.48. The van der Waals surface area contributed by atoms with Crippen LogP contribution in [0, 0.1) is 0 Å². The van der Waals surface area contributed by atoms with Gasteiger partial charge >= 0.3 is 0 Å². The summed E-state index contributed by atoms with van der Waals surface area (Å²) in [6.45, 7) is 5.31. The van der Waals surface area contributed by atoms with Gasteiger partial charge in [0, 0.05) is 22.2 Å². The maximum Gasteiger partial charge on any atom is 0.255 e. The first-order valence-electron chi connectivity index (χ1n) is 8.71. The summed E-state index contributed by atoms with van der Waals surface area (Å²) >= 11 is 1.45. The van der Waals surface area contributed by atoms with Crippen LogP contribution in [-0.2, 0) is 14.8 Å². The van der Waals surface area contributed by atoms with Gasteiger partial charge < -0.3 is 10.6 Å². The highest BCUT2D eigenvalue weighted by Crippen LogP contribution is 2.36. The monoisotopic (exact) mass is 419 g/mol. The third kappa shape index (κ3) is 4.54. The highest BCUT2D eigenvalue weighted by molar-refractivity contribution is 8.01. The number of carbonyl (C=O) groups is 2. The maximum atomic E-state index is 12.5. The summed E-state index contributed by atoms with van der Waals surface area (Å²) in [6.07, 6.45) is 0. The van der Waals surface area contributed by atoms with Crippen molar-refractivity contribution in [2.75, 3.05) is 10.6 Å². The van der Waals surface area contributed by atoms with Gasteiger partial charge in [0.1, 0.15) is 0 Å². The van der Waals surface area contributed by atoms with E-state index in [0.717, 1.165) is 4.90 Å². The average Bonchev–Trinajstić information content (AvgIpc) is 2.61. The minimum absolute atomic E-state index is 0.0955. The van der Waals surface area contributed by atoms with Crippen molar-refractivity contribution < 1.29 is 18.0 Å². The Labute approximate surface area is 168 Å². The van der Waals surface area contributed by atoms with Gasteiger partial charge in [-0.2, -0.15) is 0 Å². The molecule has 1 aliphatic heterocycles. The molecule has 148 valence electrons. The van der Waals surface area contributed by atoms with Crippen LogP contribution in [0.1, 0.15) is 31.1 Å². The van der Waals surface area contributed by atoms with E-state index in [0.29, 0.717) is 16.9 Å². The molecule has 0 spiro atoms. The number of rotatable bonds is 5. The van der Waals surface area contributed by atoms with Crippen LogP contribution in [0.15, 0.2) is 52.3 Å². The van der Waals surface area contributed by atoms with Crippen LogP contribution in [0.3, 0.4) is 0 Å². The number of benzene rings is 2. The minimum Gasteiger partial charge on any atom is -0.324 e. The Balaban J connectivity index is 1.73. The van der Waals surface area contributed by atoms with Crippen molar-refractivity contribution in [3.8, 4) is 0 Å².